The summed E-state index contributed by atoms with van der Waals surface area (Å²) in [5, 5.41) is 9.21. The molecule has 0 unspecified atom stereocenters. The first kappa shape index (κ1) is 9.95. The van der Waals surface area contributed by atoms with Crippen LogP contribution in [0.4, 0.5) is 0 Å². The first-order chi connectivity index (χ1) is 4.20. The fourth-order valence-electron chi connectivity index (χ4n) is 0.496. The highest BCUT2D eigenvalue weighted by Crippen LogP contribution is 2.24. The van der Waals surface area contributed by atoms with Gasteiger partial charge in [0, 0.05) is 4.90 Å². The number of thiol groups is 1. The van der Waals surface area contributed by atoms with Crippen LogP contribution in [0, 0.1) is 0 Å². The number of benzene rings is 1. The Hall–Kier alpha value is -0.0500. The van der Waals surface area contributed by atoms with Crippen molar-refractivity contribution >= 4 is 36.6 Å². The predicted molar refractivity (Wildman–Crippen MR) is 47.6 cm³/mol. The summed E-state index contributed by atoms with van der Waals surface area (Å²) >= 11 is 9.52. The van der Waals surface area contributed by atoms with Gasteiger partial charge in [-0.2, -0.15) is 0 Å². The molecule has 0 aliphatic carbocycles. The van der Waals surface area contributed by atoms with E-state index in [1.807, 2.05) is 0 Å². The summed E-state index contributed by atoms with van der Waals surface area (Å²) in [6, 6.07) is 4.76. The summed E-state index contributed by atoms with van der Waals surface area (Å²) in [4.78, 5) is 0.748. The van der Waals surface area contributed by atoms with Crippen LogP contribution in [0.3, 0.4) is 0 Å². The number of phenols is 1. The van der Waals surface area contributed by atoms with E-state index in [2.05, 4.69) is 12.6 Å². The smallest absolute Gasteiger partial charge is 0.134 e. The minimum atomic E-state index is 0. The monoisotopic (exact) mass is 196 g/mol. The maximum atomic E-state index is 8.88. The van der Waals surface area contributed by atoms with Crippen LogP contribution in [0.25, 0.3) is 0 Å². The van der Waals surface area contributed by atoms with Gasteiger partial charge in [-0.3, -0.25) is 0 Å². The summed E-state index contributed by atoms with van der Waals surface area (Å²) in [5.74, 6) is 0.0921. The van der Waals surface area contributed by atoms with E-state index in [0.717, 1.165) is 4.90 Å². The molecule has 10 heavy (non-hydrogen) atoms. The fourth-order valence-corrected chi connectivity index (χ4v) is 0.956. The van der Waals surface area contributed by atoms with Crippen LogP contribution in [0.15, 0.2) is 23.1 Å². The second-order valence-electron chi connectivity index (χ2n) is 1.64. The molecule has 1 aromatic rings. The van der Waals surface area contributed by atoms with Crippen molar-refractivity contribution in [3.05, 3.63) is 23.2 Å². The lowest BCUT2D eigenvalue weighted by atomic mass is 10.3. The molecule has 4 heteroatoms. The van der Waals surface area contributed by atoms with Crippen LogP contribution < -0.4 is 0 Å². The van der Waals surface area contributed by atoms with E-state index < -0.39 is 0 Å². The van der Waals surface area contributed by atoms with E-state index in [9.17, 15) is 0 Å². The van der Waals surface area contributed by atoms with E-state index in [-0.39, 0.29) is 18.2 Å². The summed E-state index contributed by atoms with van der Waals surface area (Å²) in [5.41, 5.74) is 0. The van der Waals surface area contributed by atoms with Crippen molar-refractivity contribution in [3.63, 3.8) is 0 Å². The van der Waals surface area contributed by atoms with Crippen molar-refractivity contribution in [2.45, 2.75) is 4.90 Å². The highest BCUT2D eigenvalue weighted by atomic mass is 35.5. The van der Waals surface area contributed by atoms with Crippen molar-refractivity contribution in [1.29, 1.82) is 0 Å². The van der Waals surface area contributed by atoms with E-state index in [1.54, 1.807) is 12.1 Å². The standard InChI is InChI=1S/C6H5ClOS.ClH/c7-5-3-4(9)1-2-6(5)8;/h1-3,8-9H;1H. The average molecular weight is 197 g/mol. The molecule has 0 amide bonds. The third kappa shape index (κ3) is 2.29. The van der Waals surface area contributed by atoms with Gasteiger partial charge in [0.25, 0.3) is 0 Å². The second kappa shape index (κ2) is 3.96. The Morgan fingerprint density at radius 2 is 2.00 bits per heavy atom. The van der Waals surface area contributed by atoms with Crippen LogP contribution in [0.5, 0.6) is 5.75 Å². The number of halogens is 2. The van der Waals surface area contributed by atoms with Gasteiger partial charge in [0.2, 0.25) is 0 Å². The van der Waals surface area contributed by atoms with E-state index in [4.69, 9.17) is 16.7 Å². The molecular formula is C6H6Cl2OS. The Kier molecular flexibility index (Phi) is 3.94. The Balaban J connectivity index is 0.000000810. The van der Waals surface area contributed by atoms with Gasteiger partial charge in [-0.15, -0.1) is 25.0 Å². The number of rotatable bonds is 0. The Labute approximate surface area is 75.8 Å². The zero-order chi connectivity index (χ0) is 6.85. The minimum Gasteiger partial charge on any atom is -0.506 e. The molecule has 0 saturated carbocycles. The summed E-state index contributed by atoms with van der Waals surface area (Å²) in [7, 11) is 0. The third-order valence-corrected chi connectivity index (χ3v) is 1.51. The largest absolute Gasteiger partial charge is 0.506 e. The van der Waals surface area contributed by atoms with Crippen molar-refractivity contribution in [1.82, 2.24) is 0 Å². The van der Waals surface area contributed by atoms with Crippen LogP contribution in [-0.4, -0.2) is 5.11 Å². The molecule has 1 aromatic carbocycles. The summed E-state index contributed by atoms with van der Waals surface area (Å²) in [6.45, 7) is 0. The molecule has 1 nitrogen and oxygen atoms in total. The van der Waals surface area contributed by atoms with Gasteiger partial charge in [-0.1, -0.05) is 11.6 Å². The maximum absolute atomic E-state index is 8.88. The maximum Gasteiger partial charge on any atom is 0.134 e. The topological polar surface area (TPSA) is 20.2 Å². The molecule has 0 aromatic heterocycles. The van der Waals surface area contributed by atoms with Gasteiger partial charge >= 0.3 is 0 Å². The van der Waals surface area contributed by atoms with Crippen LogP contribution in [0.2, 0.25) is 5.02 Å². The molecule has 0 saturated heterocycles. The highest BCUT2D eigenvalue weighted by molar-refractivity contribution is 7.80. The Morgan fingerprint density at radius 3 is 2.40 bits per heavy atom. The van der Waals surface area contributed by atoms with Gasteiger partial charge in [-0.05, 0) is 18.2 Å². The van der Waals surface area contributed by atoms with E-state index in [1.165, 1.54) is 6.07 Å². The van der Waals surface area contributed by atoms with Crippen molar-refractivity contribution in [2.24, 2.45) is 0 Å². The Morgan fingerprint density at radius 1 is 1.40 bits per heavy atom. The molecule has 0 aliphatic rings. The molecule has 0 spiro atoms. The highest BCUT2D eigenvalue weighted by Gasteiger charge is 1.94. The van der Waals surface area contributed by atoms with Gasteiger partial charge in [0.1, 0.15) is 5.75 Å². The lowest BCUT2D eigenvalue weighted by molar-refractivity contribution is 0.475. The quantitative estimate of drug-likeness (QED) is 0.612. The molecule has 0 bridgehead atoms. The van der Waals surface area contributed by atoms with Gasteiger partial charge in [0.05, 0.1) is 5.02 Å². The average Bonchev–Trinajstić information content (AvgIpc) is 1.80. The second-order valence-corrected chi connectivity index (χ2v) is 2.56. The lowest BCUT2D eigenvalue weighted by Crippen LogP contribution is -1.67. The molecule has 0 atom stereocenters. The van der Waals surface area contributed by atoms with Crippen LogP contribution in [0.1, 0.15) is 0 Å². The summed E-state index contributed by atoms with van der Waals surface area (Å²) < 4.78 is 0. The van der Waals surface area contributed by atoms with Crippen molar-refractivity contribution in [3.8, 4) is 5.75 Å². The Bertz CT molecular complexity index is 227. The number of phenolic OH excluding ortho intramolecular Hbond substituents is 1. The first-order valence-corrected chi connectivity index (χ1v) is 3.20. The molecule has 56 valence electrons. The fraction of sp³-hybridized carbons (Fsp3) is 0. The van der Waals surface area contributed by atoms with Gasteiger partial charge in [0.15, 0.2) is 0 Å². The van der Waals surface area contributed by atoms with Crippen molar-refractivity contribution < 1.29 is 5.11 Å². The zero-order valence-electron chi connectivity index (χ0n) is 4.91. The molecule has 0 fully saturated rings. The molecule has 0 heterocycles. The minimum absolute atomic E-state index is 0. The van der Waals surface area contributed by atoms with Crippen LogP contribution in [-0.2, 0) is 0 Å². The number of hydrogen-bond donors (Lipinski definition) is 2. The van der Waals surface area contributed by atoms with E-state index >= 15 is 0 Å². The van der Waals surface area contributed by atoms with Crippen molar-refractivity contribution in [2.75, 3.05) is 0 Å². The normalized spacial score (nSPS) is 8.60. The van der Waals surface area contributed by atoms with Crippen LogP contribution >= 0.6 is 36.6 Å². The van der Waals surface area contributed by atoms with Gasteiger partial charge in [-0.25, -0.2) is 0 Å². The zero-order valence-corrected chi connectivity index (χ0v) is 7.38. The van der Waals surface area contributed by atoms with Gasteiger partial charge < -0.3 is 5.11 Å². The first-order valence-electron chi connectivity index (χ1n) is 2.37. The molecule has 0 aliphatic heterocycles. The lowest BCUT2D eigenvalue weighted by Gasteiger charge is -1.94. The predicted octanol–water partition coefficient (Wildman–Crippen LogP) is 2.76. The van der Waals surface area contributed by atoms with E-state index in [0.29, 0.717) is 5.02 Å². The molecule has 1 rings (SSSR count). The molecule has 0 radical (unpaired) electrons. The molecule has 1 N–H and O–H groups in total. The number of hydrogen-bond acceptors (Lipinski definition) is 2. The SMILES string of the molecule is Cl.Oc1ccc(S)cc1Cl. The third-order valence-electron chi connectivity index (χ3n) is 0.931. The summed E-state index contributed by atoms with van der Waals surface area (Å²) in [6.07, 6.45) is 0. The number of aromatic hydroxyl groups is 1. The molecular weight excluding hydrogens is 191 g/mol.